The summed E-state index contributed by atoms with van der Waals surface area (Å²) in [6.07, 6.45) is 1.08. The molecule has 0 saturated heterocycles. The maximum atomic E-state index is 13.5. The van der Waals surface area contributed by atoms with Crippen LogP contribution in [0.15, 0.2) is 30.3 Å². The standard InChI is InChI=1S/C14H16F2O2/c1-13(15,16)14(8-5-9-14)12(17)18-10-11-6-3-2-4-7-11/h2-4,6-7H,5,8-10H2,1H3. The third-order valence-electron chi connectivity index (χ3n) is 3.65. The van der Waals surface area contributed by atoms with Crippen LogP contribution in [-0.4, -0.2) is 11.9 Å². The van der Waals surface area contributed by atoms with Crippen molar-refractivity contribution >= 4 is 5.97 Å². The van der Waals surface area contributed by atoms with E-state index in [0.29, 0.717) is 6.42 Å². The Bertz CT molecular complexity index is 419. The topological polar surface area (TPSA) is 26.3 Å². The molecule has 1 aromatic carbocycles. The lowest BCUT2D eigenvalue weighted by Gasteiger charge is -2.43. The number of carbonyl (C=O) groups is 1. The lowest BCUT2D eigenvalue weighted by molar-refractivity contribution is -0.198. The van der Waals surface area contributed by atoms with Gasteiger partial charge in [0.2, 0.25) is 0 Å². The predicted molar refractivity (Wildman–Crippen MR) is 63.1 cm³/mol. The van der Waals surface area contributed by atoms with E-state index in [1.54, 1.807) is 12.1 Å². The van der Waals surface area contributed by atoms with Crippen molar-refractivity contribution < 1.29 is 18.3 Å². The third-order valence-corrected chi connectivity index (χ3v) is 3.65. The number of benzene rings is 1. The summed E-state index contributed by atoms with van der Waals surface area (Å²) in [6.45, 7) is 0.855. The molecule has 2 rings (SSSR count). The highest BCUT2D eigenvalue weighted by molar-refractivity contribution is 5.79. The van der Waals surface area contributed by atoms with Crippen molar-refractivity contribution in [1.29, 1.82) is 0 Å². The molecule has 0 spiro atoms. The molecule has 0 amide bonds. The van der Waals surface area contributed by atoms with Crippen LogP contribution in [0.2, 0.25) is 0 Å². The Morgan fingerprint density at radius 3 is 2.39 bits per heavy atom. The number of ether oxygens (including phenoxy) is 1. The number of hydrogen-bond donors (Lipinski definition) is 0. The second kappa shape index (κ2) is 4.67. The molecule has 0 aliphatic heterocycles. The summed E-state index contributed by atoms with van der Waals surface area (Å²) in [5.41, 5.74) is -0.790. The molecular weight excluding hydrogens is 238 g/mol. The minimum absolute atomic E-state index is 0.0531. The van der Waals surface area contributed by atoms with E-state index in [1.165, 1.54) is 0 Å². The lowest BCUT2D eigenvalue weighted by atomic mass is 9.65. The van der Waals surface area contributed by atoms with E-state index in [2.05, 4.69) is 0 Å². The fourth-order valence-corrected chi connectivity index (χ4v) is 2.21. The molecule has 98 valence electrons. The highest BCUT2D eigenvalue weighted by atomic mass is 19.3. The van der Waals surface area contributed by atoms with Crippen LogP contribution in [0.25, 0.3) is 0 Å². The molecule has 2 nitrogen and oxygen atoms in total. The van der Waals surface area contributed by atoms with Gasteiger partial charge in [-0.2, -0.15) is 0 Å². The number of carbonyl (C=O) groups excluding carboxylic acids is 1. The Morgan fingerprint density at radius 1 is 1.33 bits per heavy atom. The average Bonchev–Trinajstić information content (AvgIpc) is 2.24. The fourth-order valence-electron chi connectivity index (χ4n) is 2.21. The first-order valence-electron chi connectivity index (χ1n) is 6.05. The van der Waals surface area contributed by atoms with Crippen molar-refractivity contribution in [3.05, 3.63) is 35.9 Å². The maximum Gasteiger partial charge on any atom is 0.318 e. The Kier molecular flexibility index (Phi) is 3.37. The first-order valence-corrected chi connectivity index (χ1v) is 6.05. The van der Waals surface area contributed by atoms with E-state index < -0.39 is 17.3 Å². The van der Waals surface area contributed by atoms with Crippen molar-refractivity contribution in [2.75, 3.05) is 0 Å². The van der Waals surface area contributed by atoms with Crippen molar-refractivity contribution in [2.24, 2.45) is 5.41 Å². The molecule has 1 saturated carbocycles. The summed E-state index contributed by atoms with van der Waals surface area (Å²) in [6, 6.07) is 9.07. The minimum atomic E-state index is -3.01. The molecule has 0 atom stereocenters. The summed E-state index contributed by atoms with van der Waals surface area (Å²) in [4.78, 5) is 11.9. The van der Waals surface area contributed by atoms with Gasteiger partial charge in [-0.3, -0.25) is 4.79 Å². The Hall–Kier alpha value is -1.45. The molecular formula is C14H16F2O2. The zero-order chi connectivity index (χ0) is 13.2. The largest absolute Gasteiger partial charge is 0.460 e. The predicted octanol–water partition coefficient (Wildman–Crippen LogP) is 3.56. The van der Waals surface area contributed by atoms with Gasteiger partial charge in [-0.1, -0.05) is 36.8 Å². The minimum Gasteiger partial charge on any atom is -0.460 e. The molecule has 1 aliphatic carbocycles. The van der Waals surface area contributed by atoms with Crippen molar-refractivity contribution in [3.63, 3.8) is 0 Å². The molecule has 0 bridgehead atoms. The number of rotatable bonds is 4. The van der Waals surface area contributed by atoms with Crippen LogP contribution >= 0.6 is 0 Å². The van der Waals surface area contributed by atoms with E-state index in [-0.39, 0.29) is 19.4 Å². The van der Waals surface area contributed by atoms with Gasteiger partial charge in [-0.05, 0) is 18.4 Å². The molecule has 1 fully saturated rings. The quantitative estimate of drug-likeness (QED) is 0.768. The molecule has 0 N–H and O–H groups in total. The molecule has 0 heterocycles. The number of alkyl halides is 2. The Labute approximate surface area is 105 Å². The van der Waals surface area contributed by atoms with Crippen molar-refractivity contribution in [3.8, 4) is 0 Å². The van der Waals surface area contributed by atoms with E-state index in [0.717, 1.165) is 12.5 Å². The highest BCUT2D eigenvalue weighted by Crippen LogP contribution is 2.52. The van der Waals surface area contributed by atoms with Crippen LogP contribution in [0, 0.1) is 5.41 Å². The van der Waals surface area contributed by atoms with E-state index in [9.17, 15) is 13.6 Å². The zero-order valence-electron chi connectivity index (χ0n) is 10.3. The number of esters is 1. The van der Waals surface area contributed by atoms with Crippen LogP contribution in [0.5, 0.6) is 0 Å². The second-order valence-corrected chi connectivity index (χ2v) is 4.89. The van der Waals surface area contributed by atoms with Crippen molar-refractivity contribution in [1.82, 2.24) is 0 Å². The number of halogens is 2. The van der Waals surface area contributed by atoms with Gasteiger partial charge in [-0.15, -0.1) is 0 Å². The first kappa shape index (κ1) is 13.0. The molecule has 4 heteroatoms. The van der Waals surface area contributed by atoms with E-state index in [4.69, 9.17) is 4.74 Å². The van der Waals surface area contributed by atoms with Crippen LogP contribution in [0.3, 0.4) is 0 Å². The van der Waals surface area contributed by atoms with Gasteiger partial charge in [0, 0.05) is 6.92 Å². The molecule has 1 aromatic rings. The summed E-state index contributed by atoms with van der Waals surface area (Å²) < 4.78 is 32.0. The summed E-state index contributed by atoms with van der Waals surface area (Å²) in [5, 5.41) is 0. The monoisotopic (exact) mass is 254 g/mol. The maximum absolute atomic E-state index is 13.5. The normalized spacial score (nSPS) is 17.9. The summed E-state index contributed by atoms with van der Waals surface area (Å²) in [7, 11) is 0. The van der Waals surface area contributed by atoms with Crippen LogP contribution in [-0.2, 0) is 16.1 Å². The Morgan fingerprint density at radius 2 is 1.94 bits per heavy atom. The molecule has 18 heavy (non-hydrogen) atoms. The van der Waals surface area contributed by atoms with Gasteiger partial charge in [0.15, 0.2) is 0 Å². The summed E-state index contributed by atoms with van der Waals surface area (Å²) >= 11 is 0. The second-order valence-electron chi connectivity index (χ2n) is 4.89. The number of hydrogen-bond acceptors (Lipinski definition) is 2. The van der Waals surface area contributed by atoms with Gasteiger partial charge in [0.25, 0.3) is 5.92 Å². The van der Waals surface area contributed by atoms with Crippen LogP contribution in [0.4, 0.5) is 8.78 Å². The first-order chi connectivity index (χ1) is 8.46. The lowest BCUT2D eigenvalue weighted by Crippen LogP contribution is -2.51. The van der Waals surface area contributed by atoms with E-state index >= 15 is 0 Å². The van der Waals surface area contributed by atoms with Gasteiger partial charge < -0.3 is 4.74 Å². The molecule has 0 unspecified atom stereocenters. The van der Waals surface area contributed by atoms with Gasteiger partial charge >= 0.3 is 5.97 Å². The zero-order valence-corrected chi connectivity index (χ0v) is 10.3. The third kappa shape index (κ3) is 2.24. The summed E-state index contributed by atoms with van der Waals surface area (Å²) in [5.74, 6) is -3.79. The molecule has 0 aromatic heterocycles. The van der Waals surface area contributed by atoms with Crippen molar-refractivity contribution in [2.45, 2.75) is 38.7 Å². The SMILES string of the molecule is CC(F)(F)C1(C(=O)OCc2ccccc2)CCC1. The molecule has 0 radical (unpaired) electrons. The fraction of sp³-hybridized carbons (Fsp3) is 0.500. The van der Waals surface area contributed by atoms with Gasteiger partial charge in [0.1, 0.15) is 12.0 Å². The van der Waals surface area contributed by atoms with Gasteiger partial charge in [-0.25, -0.2) is 8.78 Å². The smallest absolute Gasteiger partial charge is 0.318 e. The molecule has 1 aliphatic rings. The average molecular weight is 254 g/mol. The van der Waals surface area contributed by atoms with E-state index in [1.807, 2.05) is 18.2 Å². The highest BCUT2D eigenvalue weighted by Gasteiger charge is 2.60. The van der Waals surface area contributed by atoms with Crippen LogP contribution in [0.1, 0.15) is 31.7 Å². The van der Waals surface area contributed by atoms with Crippen LogP contribution < -0.4 is 0 Å². The Balaban J connectivity index is 2.00. The van der Waals surface area contributed by atoms with Gasteiger partial charge in [0.05, 0.1) is 0 Å².